The largest absolute Gasteiger partial charge is 0.467 e. The number of esters is 2. The Morgan fingerprint density at radius 2 is 1.71 bits per heavy atom. The van der Waals surface area contributed by atoms with Crippen LogP contribution in [0.4, 0.5) is 24.9 Å². The van der Waals surface area contributed by atoms with Crippen molar-refractivity contribution >= 4 is 34.5 Å². The molecule has 3 heterocycles. The van der Waals surface area contributed by atoms with E-state index in [2.05, 4.69) is 20.2 Å². The number of carbonyl (C=O) groups excluding carboxylic acids is 2. The number of halogens is 3. The van der Waals surface area contributed by atoms with Gasteiger partial charge < -0.3 is 19.3 Å². The van der Waals surface area contributed by atoms with Gasteiger partial charge in [-0.3, -0.25) is 0 Å². The van der Waals surface area contributed by atoms with E-state index < -0.39 is 35.4 Å². The standard InChI is InChI=1S/C29H27F3N6O4/c1-3-42-26(39)21-16-33-28(34-24(21)29(30,31)32)38-14-13-37(17-23(38)27(40)41-2)25-20-12-8-7-11-19(20)22(35-36-25)15-18-9-5-4-6-10-18/h4-12,16,23H,3,13-15,17H2,1-2H3/t23-/m0/s1. The highest BCUT2D eigenvalue weighted by Gasteiger charge is 2.41. The van der Waals surface area contributed by atoms with Gasteiger partial charge >= 0.3 is 18.1 Å². The number of methoxy groups -OCH3 is 1. The summed E-state index contributed by atoms with van der Waals surface area (Å²) in [4.78, 5) is 35.9. The molecule has 0 radical (unpaired) electrons. The summed E-state index contributed by atoms with van der Waals surface area (Å²) in [6.07, 6.45) is -3.61. The fourth-order valence-electron chi connectivity index (χ4n) is 4.94. The van der Waals surface area contributed by atoms with Gasteiger partial charge in [0.05, 0.1) is 26.0 Å². The molecule has 0 spiro atoms. The first-order valence-electron chi connectivity index (χ1n) is 13.2. The maximum absolute atomic E-state index is 13.9. The van der Waals surface area contributed by atoms with Gasteiger partial charge in [0, 0.05) is 36.5 Å². The molecule has 0 bridgehead atoms. The zero-order chi connectivity index (χ0) is 29.9. The van der Waals surface area contributed by atoms with Crippen molar-refractivity contribution in [3.8, 4) is 0 Å². The van der Waals surface area contributed by atoms with Crippen LogP contribution < -0.4 is 9.80 Å². The molecule has 0 aliphatic carbocycles. The fourth-order valence-corrected chi connectivity index (χ4v) is 4.94. The summed E-state index contributed by atoms with van der Waals surface area (Å²) in [5.74, 6) is -1.71. The number of rotatable bonds is 7. The molecule has 0 N–H and O–H groups in total. The number of ether oxygens (including phenoxy) is 2. The average Bonchev–Trinajstić information content (AvgIpc) is 3.00. The molecule has 0 amide bonds. The Morgan fingerprint density at radius 3 is 2.40 bits per heavy atom. The van der Waals surface area contributed by atoms with E-state index in [0.29, 0.717) is 12.2 Å². The average molecular weight is 581 g/mol. The second-order valence-electron chi connectivity index (χ2n) is 9.51. The van der Waals surface area contributed by atoms with Crippen LogP contribution in [0.1, 0.15) is 34.2 Å². The molecular weight excluding hydrogens is 553 g/mol. The number of benzene rings is 2. The Balaban J connectivity index is 1.48. The molecule has 42 heavy (non-hydrogen) atoms. The number of anilines is 2. The zero-order valence-corrected chi connectivity index (χ0v) is 22.8. The molecule has 1 aliphatic heterocycles. The minimum atomic E-state index is -4.96. The molecule has 2 aromatic carbocycles. The van der Waals surface area contributed by atoms with Crippen molar-refractivity contribution < 1.29 is 32.2 Å². The van der Waals surface area contributed by atoms with Crippen LogP contribution in [-0.4, -0.2) is 71.5 Å². The van der Waals surface area contributed by atoms with Crippen LogP contribution in [0.25, 0.3) is 10.8 Å². The molecular formula is C29H27F3N6O4. The molecule has 10 nitrogen and oxygen atoms in total. The van der Waals surface area contributed by atoms with Gasteiger partial charge in [0.2, 0.25) is 5.95 Å². The lowest BCUT2D eigenvalue weighted by molar-refractivity contribution is -0.142. The molecule has 1 aliphatic rings. The summed E-state index contributed by atoms with van der Waals surface area (Å²) in [5, 5.41) is 10.7. The van der Waals surface area contributed by atoms with E-state index in [1.54, 1.807) is 0 Å². The van der Waals surface area contributed by atoms with Crippen molar-refractivity contribution in [2.24, 2.45) is 0 Å². The Bertz CT molecular complexity index is 1600. The van der Waals surface area contributed by atoms with Crippen LogP contribution in [-0.2, 0) is 26.9 Å². The molecule has 13 heteroatoms. The first-order valence-corrected chi connectivity index (χ1v) is 13.2. The van der Waals surface area contributed by atoms with Crippen molar-refractivity contribution in [1.82, 2.24) is 20.2 Å². The van der Waals surface area contributed by atoms with Gasteiger partial charge in [-0.1, -0.05) is 54.6 Å². The number of fused-ring (bicyclic) bond motifs is 1. The molecule has 4 aromatic rings. The maximum atomic E-state index is 13.9. The van der Waals surface area contributed by atoms with Crippen LogP contribution in [0.2, 0.25) is 0 Å². The van der Waals surface area contributed by atoms with Crippen molar-refractivity contribution in [1.29, 1.82) is 0 Å². The number of piperazine rings is 1. The van der Waals surface area contributed by atoms with Crippen molar-refractivity contribution in [2.75, 3.05) is 43.2 Å². The SMILES string of the molecule is CCOC(=O)c1cnc(N2CCN(c3nnc(Cc4ccccc4)c4ccccc34)C[C@H]2C(=O)OC)nc1C(F)(F)F. The topological polar surface area (TPSA) is 111 Å². The second kappa shape index (κ2) is 12.0. The molecule has 218 valence electrons. The Hall–Kier alpha value is -4.81. The molecule has 5 rings (SSSR count). The summed E-state index contributed by atoms with van der Waals surface area (Å²) in [7, 11) is 1.19. The molecule has 1 fully saturated rings. The highest BCUT2D eigenvalue weighted by atomic mass is 19.4. The summed E-state index contributed by atoms with van der Waals surface area (Å²) >= 11 is 0. The maximum Gasteiger partial charge on any atom is 0.434 e. The molecule has 2 aromatic heterocycles. The highest BCUT2D eigenvalue weighted by molar-refractivity contribution is 5.94. The van der Waals surface area contributed by atoms with Gasteiger partial charge in [-0.15, -0.1) is 5.10 Å². The second-order valence-corrected chi connectivity index (χ2v) is 9.51. The lowest BCUT2D eigenvalue weighted by atomic mass is 10.0. The Morgan fingerprint density at radius 1 is 1.00 bits per heavy atom. The minimum absolute atomic E-state index is 0.0215. The van der Waals surface area contributed by atoms with E-state index in [9.17, 15) is 22.8 Å². The van der Waals surface area contributed by atoms with E-state index in [1.165, 1.54) is 18.9 Å². The van der Waals surface area contributed by atoms with E-state index in [4.69, 9.17) is 9.47 Å². The Labute approximate surface area is 239 Å². The van der Waals surface area contributed by atoms with Gasteiger partial charge in [0.25, 0.3) is 0 Å². The van der Waals surface area contributed by atoms with Gasteiger partial charge in [-0.2, -0.15) is 18.3 Å². The number of hydrogen-bond donors (Lipinski definition) is 0. The first kappa shape index (κ1) is 28.7. The third-order valence-corrected chi connectivity index (χ3v) is 6.91. The first-order chi connectivity index (χ1) is 20.2. The van der Waals surface area contributed by atoms with Crippen LogP contribution >= 0.6 is 0 Å². The van der Waals surface area contributed by atoms with E-state index >= 15 is 0 Å². The third-order valence-electron chi connectivity index (χ3n) is 6.91. The van der Waals surface area contributed by atoms with Crippen LogP contribution in [0.5, 0.6) is 0 Å². The van der Waals surface area contributed by atoms with Gasteiger partial charge in [-0.25, -0.2) is 19.6 Å². The number of carbonyl (C=O) groups is 2. The van der Waals surface area contributed by atoms with E-state index in [-0.39, 0.29) is 32.2 Å². The monoisotopic (exact) mass is 580 g/mol. The summed E-state index contributed by atoms with van der Waals surface area (Å²) < 4.78 is 51.4. The lowest BCUT2D eigenvalue weighted by Crippen LogP contribution is -2.58. The predicted octanol–water partition coefficient (Wildman–Crippen LogP) is 4.07. The normalized spacial score (nSPS) is 15.5. The number of aromatic nitrogens is 4. The third kappa shape index (κ3) is 5.80. The minimum Gasteiger partial charge on any atom is -0.467 e. The quantitative estimate of drug-likeness (QED) is 0.297. The van der Waals surface area contributed by atoms with Crippen molar-refractivity contribution in [2.45, 2.75) is 25.6 Å². The van der Waals surface area contributed by atoms with Crippen molar-refractivity contribution in [3.05, 3.63) is 83.3 Å². The number of hydrogen-bond acceptors (Lipinski definition) is 10. The molecule has 1 saturated heterocycles. The van der Waals surface area contributed by atoms with E-state index in [1.807, 2.05) is 59.5 Å². The molecule has 1 atom stereocenters. The fraction of sp³-hybridized carbons (Fsp3) is 0.310. The van der Waals surface area contributed by atoms with Crippen LogP contribution in [0.15, 0.2) is 60.8 Å². The summed E-state index contributed by atoms with van der Waals surface area (Å²) in [6.45, 7) is 1.72. The number of nitrogens with zero attached hydrogens (tertiary/aromatic N) is 6. The lowest BCUT2D eigenvalue weighted by Gasteiger charge is -2.40. The van der Waals surface area contributed by atoms with E-state index in [0.717, 1.165) is 28.2 Å². The summed E-state index contributed by atoms with van der Waals surface area (Å²) in [5.41, 5.74) is -0.378. The van der Waals surface area contributed by atoms with Gasteiger partial charge in [0.15, 0.2) is 11.5 Å². The predicted molar refractivity (Wildman–Crippen MR) is 147 cm³/mol. The zero-order valence-electron chi connectivity index (χ0n) is 22.8. The van der Waals surface area contributed by atoms with Crippen molar-refractivity contribution in [3.63, 3.8) is 0 Å². The summed E-state index contributed by atoms with van der Waals surface area (Å²) in [6, 6.07) is 16.5. The molecule has 0 saturated carbocycles. The van der Waals surface area contributed by atoms with Gasteiger partial charge in [-0.05, 0) is 12.5 Å². The van der Waals surface area contributed by atoms with Gasteiger partial charge in [0.1, 0.15) is 11.6 Å². The highest BCUT2D eigenvalue weighted by Crippen LogP contribution is 2.33. The number of alkyl halides is 3. The smallest absolute Gasteiger partial charge is 0.434 e. The molecule has 0 unspecified atom stereocenters. The van der Waals surface area contributed by atoms with Crippen LogP contribution in [0, 0.1) is 0 Å². The Kier molecular flexibility index (Phi) is 8.18. The van der Waals surface area contributed by atoms with Crippen LogP contribution in [0.3, 0.4) is 0 Å².